The summed E-state index contributed by atoms with van der Waals surface area (Å²) in [6, 6.07) is 0. The fraction of sp³-hybridized carbons (Fsp3) is 0.600. The Kier molecular flexibility index (Phi) is 3.21. The molecule has 1 heterocycles. The minimum atomic E-state index is -1.31. The molecule has 1 aromatic heterocycles. The Labute approximate surface area is 98.2 Å². The van der Waals surface area contributed by atoms with Gasteiger partial charge < -0.3 is 5.11 Å². The SMILES string of the molecule is CC(C)c1nn(C(C)(C)C(=O)O)cc1[N+](=O)[O-]. The zero-order chi connectivity index (χ0) is 13.4. The molecule has 1 aromatic rings. The maximum atomic E-state index is 11.1. The maximum Gasteiger partial charge on any atom is 0.331 e. The van der Waals surface area contributed by atoms with Gasteiger partial charge in [-0.3, -0.25) is 10.1 Å². The molecule has 0 aliphatic rings. The van der Waals surface area contributed by atoms with Crippen LogP contribution in [0.3, 0.4) is 0 Å². The van der Waals surface area contributed by atoms with Crippen molar-refractivity contribution in [2.75, 3.05) is 0 Å². The van der Waals surface area contributed by atoms with E-state index in [0.717, 1.165) is 4.68 Å². The van der Waals surface area contributed by atoms with Crippen LogP contribution in [0.1, 0.15) is 39.3 Å². The monoisotopic (exact) mass is 241 g/mol. The molecule has 0 bridgehead atoms. The quantitative estimate of drug-likeness (QED) is 0.639. The van der Waals surface area contributed by atoms with Crippen LogP contribution >= 0.6 is 0 Å². The smallest absolute Gasteiger partial charge is 0.331 e. The van der Waals surface area contributed by atoms with Gasteiger partial charge in [0.25, 0.3) is 0 Å². The molecular formula is C10H15N3O4. The standard InChI is InChI=1S/C10H15N3O4/c1-6(2)8-7(13(16)17)5-12(11-8)10(3,4)9(14)15/h5-6H,1-4H3,(H,14,15). The van der Waals surface area contributed by atoms with Crippen molar-refractivity contribution < 1.29 is 14.8 Å². The van der Waals surface area contributed by atoms with E-state index in [1.807, 2.05) is 0 Å². The zero-order valence-electron chi connectivity index (χ0n) is 10.2. The first-order chi connectivity index (χ1) is 7.67. The molecule has 0 atom stereocenters. The van der Waals surface area contributed by atoms with Gasteiger partial charge in [0.1, 0.15) is 11.9 Å². The molecule has 0 fully saturated rings. The number of hydrogen-bond donors (Lipinski definition) is 1. The number of hydrogen-bond acceptors (Lipinski definition) is 4. The van der Waals surface area contributed by atoms with Gasteiger partial charge >= 0.3 is 11.7 Å². The summed E-state index contributed by atoms with van der Waals surface area (Å²) in [4.78, 5) is 21.3. The third kappa shape index (κ3) is 2.27. The summed E-state index contributed by atoms with van der Waals surface area (Å²) in [6.07, 6.45) is 1.17. The fourth-order valence-electron chi connectivity index (χ4n) is 1.31. The summed E-state index contributed by atoms with van der Waals surface area (Å²) in [5.74, 6) is -1.23. The lowest BCUT2D eigenvalue weighted by molar-refractivity contribution is -0.385. The predicted octanol–water partition coefficient (Wildman–Crippen LogP) is 1.73. The van der Waals surface area contributed by atoms with Gasteiger partial charge in [-0.25, -0.2) is 9.48 Å². The number of nitro groups is 1. The molecule has 0 radical (unpaired) electrons. The van der Waals surface area contributed by atoms with E-state index < -0.39 is 16.4 Å². The Morgan fingerprint density at radius 1 is 1.59 bits per heavy atom. The average molecular weight is 241 g/mol. The van der Waals surface area contributed by atoms with Gasteiger partial charge in [-0.1, -0.05) is 13.8 Å². The summed E-state index contributed by atoms with van der Waals surface area (Å²) in [5.41, 5.74) is -1.16. The highest BCUT2D eigenvalue weighted by atomic mass is 16.6. The van der Waals surface area contributed by atoms with Crippen molar-refractivity contribution in [2.24, 2.45) is 0 Å². The molecule has 7 heteroatoms. The number of aromatic nitrogens is 2. The van der Waals surface area contributed by atoms with Crippen LogP contribution < -0.4 is 0 Å². The average Bonchev–Trinajstić information content (AvgIpc) is 2.61. The molecule has 0 aliphatic carbocycles. The highest BCUT2D eigenvalue weighted by Crippen LogP contribution is 2.27. The lowest BCUT2D eigenvalue weighted by Crippen LogP contribution is -2.36. The van der Waals surface area contributed by atoms with Crippen LogP contribution in [0.15, 0.2) is 6.20 Å². The maximum absolute atomic E-state index is 11.1. The van der Waals surface area contributed by atoms with Gasteiger partial charge in [0, 0.05) is 5.92 Å². The predicted molar refractivity (Wildman–Crippen MR) is 59.9 cm³/mol. The van der Waals surface area contributed by atoms with Crippen LogP contribution in [-0.2, 0) is 10.3 Å². The van der Waals surface area contributed by atoms with E-state index in [1.165, 1.54) is 20.0 Å². The van der Waals surface area contributed by atoms with Gasteiger partial charge in [0.05, 0.1) is 4.92 Å². The third-order valence-electron chi connectivity index (χ3n) is 2.56. The van der Waals surface area contributed by atoms with Crippen LogP contribution in [0, 0.1) is 10.1 Å². The number of carboxylic acid groups (broad SMARTS) is 1. The molecule has 0 unspecified atom stereocenters. The van der Waals surface area contributed by atoms with Crippen molar-refractivity contribution in [3.8, 4) is 0 Å². The van der Waals surface area contributed by atoms with E-state index in [-0.39, 0.29) is 11.6 Å². The molecule has 1 rings (SSSR count). The molecule has 0 aromatic carbocycles. The molecule has 0 saturated carbocycles. The molecule has 0 spiro atoms. The Morgan fingerprint density at radius 2 is 2.12 bits per heavy atom. The van der Waals surface area contributed by atoms with E-state index in [1.54, 1.807) is 13.8 Å². The number of carbonyl (C=O) groups is 1. The van der Waals surface area contributed by atoms with E-state index in [4.69, 9.17) is 5.11 Å². The minimum absolute atomic E-state index is 0.138. The molecule has 17 heavy (non-hydrogen) atoms. The number of carboxylic acids is 1. The largest absolute Gasteiger partial charge is 0.479 e. The zero-order valence-corrected chi connectivity index (χ0v) is 10.2. The van der Waals surface area contributed by atoms with Crippen LogP contribution in [0.2, 0.25) is 0 Å². The second-order valence-electron chi connectivity index (χ2n) is 4.62. The summed E-state index contributed by atoms with van der Waals surface area (Å²) in [5, 5.41) is 23.9. The van der Waals surface area contributed by atoms with Gasteiger partial charge in [0.2, 0.25) is 0 Å². The number of aliphatic carboxylic acids is 1. The molecule has 7 nitrogen and oxygen atoms in total. The summed E-state index contributed by atoms with van der Waals surface area (Å²) < 4.78 is 1.13. The van der Waals surface area contributed by atoms with E-state index in [2.05, 4.69) is 5.10 Å². The van der Waals surface area contributed by atoms with E-state index >= 15 is 0 Å². The van der Waals surface area contributed by atoms with Gasteiger partial charge in [0.15, 0.2) is 5.54 Å². The molecule has 0 amide bonds. The Morgan fingerprint density at radius 3 is 2.41 bits per heavy atom. The molecule has 0 aliphatic heterocycles. The molecule has 1 N–H and O–H groups in total. The Balaban J connectivity index is 3.35. The Hall–Kier alpha value is -1.92. The Bertz CT molecular complexity index is 462. The van der Waals surface area contributed by atoms with Crippen molar-refractivity contribution >= 4 is 11.7 Å². The number of nitrogens with zero attached hydrogens (tertiary/aromatic N) is 3. The van der Waals surface area contributed by atoms with Crippen molar-refractivity contribution in [1.29, 1.82) is 0 Å². The molecule has 0 saturated heterocycles. The first-order valence-corrected chi connectivity index (χ1v) is 5.15. The fourth-order valence-corrected chi connectivity index (χ4v) is 1.31. The number of rotatable bonds is 4. The van der Waals surface area contributed by atoms with Gasteiger partial charge in [-0.15, -0.1) is 0 Å². The van der Waals surface area contributed by atoms with Crippen molar-refractivity contribution in [3.05, 3.63) is 22.0 Å². The minimum Gasteiger partial charge on any atom is -0.479 e. The third-order valence-corrected chi connectivity index (χ3v) is 2.56. The first kappa shape index (κ1) is 13.1. The van der Waals surface area contributed by atoms with Crippen LogP contribution in [-0.4, -0.2) is 25.8 Å². The van der Waals surface area contributed by atoms with Crippen molar-refractivity contribution in [3.63, 3.8) is 0 Å². The summed E-state index contributed by atoms with van der Waals surface area (Å²) >= 11 is 0. The van der Waals surface area contributed by atoms with Gasteiger partial charge in [-0.05, 0) is 13.8 Å². The van der Waals surface area contributed by atoms with E-state index in [0.29, 0.717) is 5.69 Å². The second-order valence-corrected chi connectivity index (χ2v) is 4.62. The second kappa shape index (κ2) is 4.15. The van der Waals surface area contributed by atoms with Crippen LogP contribution in [0.25, 0.3) is 0 Å². The highest BCUT2D eigenvalue weighted by molar-refractivity contribution is 5.75. The summed E-state index contributed by atoms with van der Waals surface area (Å²) in [7, 11) is 0. The topological polar surface area (TPSA) is 98.3 Å². The van der Waals surface area contributed by atoms with Crippen LogP contribution in [0.5, 0.6) is 0 Å². The molecular weight excluding hydrogens is 226 g/mol. The van der Waals surface area contributed by atoms with Crippen LogP contribution in [0.4, 0.5) is 5.69 Å². The lowest BCUT2D eigenvalue weighted by Gasteiger charge is -2.19. The normalized spacial score (nSPS) is 11.8. The first-order valence-electron chi connectivity index (χ1n) is 5.15. The highest BCUT2D eigenvalue weighted by Gasteiger charge is 2.34. The van der Waals surface area contributed by atoms with Crippen molar-refractivity contribution in [1.82, 2.24) is 9.78 Å². The van der Waals surface area contributed by atoms with Gasteiger partial charge in [-0.2, -0.15) is 5.10 Å². The van der Waals surface area contributed by atoms with Crippen molar-refractivity contribution in [2.45, 2.75) is 39.2 Å². The summed E-state index contributed by atoms with van der Waals surface area (Å²) in [6.45, 7) is 6.42. The lowest BCUT2D eigenvalue weighted by atomic mass is 10.1. The molecule has 94 valence electrons. The van der Waals surface area contributed by atoms with E-state index in [9.17, 15) is 14.9 Å².